The molecule has 0 aliphatic carbocycles. The molecule has 1 aliphatic rings. The van der Waals surface area contributed by atoms with Crippen molar-refractivity contribution in [3.8, 4) is 23.0 Å². The van der Waals surface area contributed by atoms with E-state index in [1.165, 1.54) is 24.3 Å². The zero-order valence-electron chi connectivity index (χ0n) is 15.8. The molecule has 0 bridgehead atoms. The molecule has 1 unspecified atom stereocenters. The molecule has 0 radical (unpaired) electrons. The molecule has 0 spiro atoms. The summed E-state index contributed by atoms with van der Waals surface area (Å²) >= 11 is 0. The third-order valence-corrected chi connectivity index (χ3v) is 5.05. The van der Waals surface area contributed by atoms with E-state index in [2.05, 4.69) is 15.1 Å². The highest BCUT2D eigenvalue weighted by Crippen LogP contribution is 2.34. The van der Waals surface area contributed by atoms with Crippen LogP contribution in [0.15, 0.2) is 59.4 Å². The second kappa shape index (κ2) is 7.31. The molecule has 6 nitrogen and oxygen atoms in total. The van der Waals surface area contributed by atoms with Crippen LogP contribution in [-0.2, 0) is 24.1 Å². The van der Waals surface area contributed by atoms with Gasteiger partial charge in [-0.2, -0.15) is 18.2 Å². The highest BCUT2D eigenvalue weighted by Gasteiger charge is 2.31. The lowest BCUT2D eigenvalue weighted by Gasteiger charge is -2.25. The number of imidazole rings is 1. The van der Waals surface area contributed by atoms with Crippen LogP contribution in [0.4, 0.5) is 17.6 Å². The highest BCUT2D eigenvalue weighted by molar-refractivity contribution is 5.60. The van der Waals surface area contributed by atoms with Crippen molar-refractivity contribution in [3.63, 3.8) is 0 Å². The first kappa shape index (κ1) is 19.4. The van der Waals surface area contributed by atoms with Crippen molar-refractivity contribution in [1.82, 2.24) is 19.7 Å². The van der Waals surface area contributed by atoms with Gasteiger partial charge in [-0.1, -0.05) is 29.4 Å². The minimum absolute atomic E-state index is 0.0313. The van der Waals surface area contributed by atoms with Crippen LogP contribution < -0.4 is 0 Å². The summed E-state index contributed by atoms with van der Waals surface area (Å²) in [5.41, 5.74) is 1.34. The van der Waals surface area contributed by atoms with Crippen LogP contribution in [-0.4, -0.2) is 19.7 Å². The summed E-state index contributed by atoms with van der Waals surface area (Å²) in [5.74, 6) is -0.202. The molecule has 2 aromatic carbocycles. The molecular formula is C21H14F4N4O2. The van der Waals surface area contributed by atoms with Gasteiger partial charge in [0.05, 0.1) is 30.7 Å². The van der Waals surface area contributed by atoms with Gasteiger partial charge in [-0.05, 0) is 29.8 Å². The van der Waals surface area contributed by atoms with Gasteiger partial charge in [-0.3, -0.25) is 0 Å². The van der Waals surface area contributed by atoms with Gasteiger partial charge in [-0.15, -0.1) is 0 Å². The van der Waals surface area contributed by atoms with Crippen LogP contribution in [0.3, 0.4) is 0 Å². The van der Waals surface area contributed by atoms with Crippen molar-refractivity contribution in [1.29, 1.82) is 0 Å². The fraction of sp³-hybridized carbons (Fsp3) is 0.190. The second-order valence-corrected chi connectivity index (χ2v) is 7.05. The second-order valence-electron chi connectivity index (χ2n) is 7.05. The van der Waals surface area contributed by atoms with E-state index in [1.54, 1.807) is 18.5 Å². The Labute approximate surface area is 173 Å². The molecule has 0 saturated heterocycles. The molecule has 0 saturated carbocycles. The number of alkyl halides is 3. The Morgan fingerprint density at radius 2 is 1.87 bits per heavy atom. The Morgan fingerprint density at radius 3 is 2.65 bits per heavy atom. The third kappa shape index (κ3) is 3.70. The van der Waals surface area contributed by atoms with E-state index in [1.807, 2.05) is 4.57 Å². The SMILES string of the molecule is Fc1ccc(C2Cn3cnc(-c4nc(-c5cccc(C(F)(F)F)c5)no4)c3CO2)cc1. The van der Waals surface area contributed by atoms with Gasteiger partial charge < -0.3 is 13.8 Å². The molecular weight excluding hydrogens is 416 g/mol. The topological polar surface area (TPSA) is 66.0 Å². The molecule has 10 heteroatoms. The average molecular weight is 430 g/mol. The van der Waals surface area contributed by atoms with Crippen LogP contribution >= 0.6 is 0 Å². The number of halogens is 4. The van der Waals surface area contributed by atoms with Crippen molar-refractivity contribution in [2.45, 2.75) is 25.4 Å². The number of fused-ring (bicyclic) bond motifs is 1. The molecule has 31 heavy (non-hydrogen) atoms. The van der Waals surface area contributed by atoms with Crippen molar-refractivity contribution in [2.75, 3.05) is 0 Å². The summed E-state index contributed by atoms with van der Waals surface area (Å²) in [5, 5.41) is 3.81. The lowest BCUT2D eigenvalue weighted by atomic mass is 10.1. The summed E-state index contributed by atoms with van der Waals surface area (Å²) in [6.45, 7) is 0.668. The average Bonchev–Trinajstić information content (AvgIpc) is 3.40. The van der Waals surface area contributed by atoms with Gasteiger partial charge in [0, 0.05) is 5.56 Å². The predicted octanol–water partition coefficient (Wildman–Crippen LogP) is 5.03. The van der Waals surface area contributed by atoms with E-state index in [0.717, 1.165) is 17.7 Å². The first-order valence-corrected chi connectivity index (χ1v) is 9.31. The number of hydrogen-bond acceptors (Lipinski definition) is 5. The Morgan fingerprint density at radius 1 is 1.06 bits per heavy atom. The molecule has 1 aliphatic heterocycles. The molecule has 4 aromatic rings. The van der Waals surface area contributed by atoms with Crippen molar-refractivity contribution in [2.24, 2.45) is 0 Å². The van der Waals surface area contributed by atoms with E-state index in [0.29, 0.717) is 17.9 Å². The fourth-order valence-corrected chi connectivity index (χ4v) is 3.46. The summed E-state index contributed by atoms with van der Waals surface area (Å²) < 4.78 is 65.1. The van der Waals surface area contributed by atoms with Crippen molar-refractivity contribution >= 4 is 0 Å². The molecule has 0 N–H and O–H groups in total. The highest BCUT2D eigenvalue weighted by atomic mass is 19.4. The molecule has 3 heterocycles. The number of nitrogens with zero attached hydrogens (tertiary/aromatic N) is 4. The molecule has 2 aromatic heterocycles. The van der Waals surface area contributed by atoms with Gasteiger partial charge in [0.2, 0.25) is 5.82 Å². The number of rotatable bonds is 3. The Hall–Kier alpha value is -3.53. The zero-order valence-corrected chi connectivity index (χ0v) is 15.8. The van der Waals surface area contributed by atoms with Gasteiger partial charge in [0.15, 0.2) is 5.69 Å². The van der Waals surface area contributed by atoms with Gasteiger partial charge in [0.25, 0.3) is 5.89 Å². The van der Waals surface area contributed by atoms with Crippen molar-refractivity contribution in [3.05, 3.63) is 77.5 Å². The molecule has 158 valence electrons. The van der Waals surface area contributed by atoms with Crippen LogP contribution in [0.2, 0.25) is 0 Å². The molecule has 0 amide bonds. The predicted molar refractivity (Wildman–Crippen MR) is 99.9 cm³/mol. The third-order valence-electron chi connectivity index (χ3n) is 5.05. The van der Waals surface area contributed by atoms with Gasteiger partial charge in [-0.25, -0.2) is 9.37 Å². The zero-order chi connectivity index (χ0) is 21.6. The van der Waals surface area contributed by atoms with Crippen LogP contribution in [0.1, 0.15) is 22.9 Å². The number of hydrogen-bond donors (Lipinski definition) is 0. The minimum Gasteiger partial charge on any atom is -0.365 e. The lowest BCUT2D eigenvalue weighted by Crippen LogP contribution is -2.20. The van der Waals surface area contributed by atoms with Crippen LogP contribution in [0.5, 0.6) is 0 Å². The Kier molecular flexibility index (Phi) is 4.58. The van der Waals surface area contributed by atoms with E-state index in [9.17, 15) is 17.6 Å². The summed E-state index contributed by atoms with van der Waals surface area (Å²) in [6.07, 6.45) is -3.12. The minimum atomic E-state index is -4.47. The maximum atomic E-state index is 13.2. The van der Waals surface area contributed by atoms with Crippen LogP contribution in [0.25, 0.3) is 23.0 Å². The van der Waals surface area contributed by atoms with Gasteiger partial charge >= 0.3 is 6.18 Å². The van der Waals surface area contributed by atoms with E-state index in [4.69, 9.17) is 9.26 Å². The lowest BCUT2D eigenvalue weighted by molar-refractivity contribution is -0.137. The summed E-state index contributed by atoms with van der Waals surface area (Å²) in [4.78, 5) is 8.54. The first-order chi connectivity index (χ1) is 14.9. The van der Waals surface area contributed by atoms with E-state index in [-0.39, 0.29) is 35.8 Å². The smallest absolute Gasteiger partial charge is 0.365 e. The quantitative estimate of drug-likeness (QED) is 0.427. The largest absolute Gasteiger partial charge is 0.416 e. The molecule has 5 rings (SSSR count). The van der Waals surface area contributed by atoms with E-state index < -0.39 is 11.7 Å². The Bertz CT molecular complexity index is 1230. The molecule has 0 fully saturated rings. The maximum Gasteiger partial charge on any atom is 0.416 e. The summed E-state index contributed by atoms with van der Waals surface area (Å²) in [7, 11) is 0. The summed E-state index contributed by atoms with van der Waals surface area (Å²) in [6, 6.07) is 10.8. The van der Waals surface area contributed by atoms with Crippen molar-refractivity contribution < 1.29 is 26.8 Å². The van der Waals surface area contributed by atoms with Crippen LogP contribution in [0, 0.1) is 5.82 Å². The Balaban J connectivity index is 1.40. The van der Waals surface area contributed by atoms with E-state index >= 15 is 0 Å². The first-order valence-electron chi connectivity index (χ1n) is 9.31. The maximum absolute atomic E-state index is 13.2. The number of ether oxygens (including phenoxy) is 1. The molecule has 1 atom stereocenters. The van der Waals surface area contributed by atoms with Gasteiger partial charge in [0.1, 0.15) is 11.9 Å². The number of benzene rings is 2. The number of aromatic nitrogens is 4. The fourth-order valence-electron chi connectivity index (χ4n) is 3.46. The monoisotopic (exact) mass is 430 g/mol. The normalized spacial score (nSPS) is 16.3. The standard InChI is InChI=1S/C21H14F4N4O2/c22-15-6-4-12(5-7-15)17-9-29-11-26-18(16(29)10-30-17)20-27-19(28-31-20)13-2-1-3-14(8-13)21(23,24)25/h1-8,11,17H,9-10H2.